The number of nitrogens with one attached hydrogen (secondary N) is 1. The van der Waals surface area contributed by atoms with Crippen molar-refractivity contribution < 1.29 is 13.2 Å². The van der Waals surface area contributed by atoms with Crippen LogP contribution in [-0.2, 0) is 10.0 Å². The summed E-state index contributed by atoms with van der Waals surface area (Å²) in [5.41, 5.74) is 2.13. The number of benzene rings is 2. The van der Waals surface area contributed by atoms with Crippen LogP contribution in [0.25, 0.3) is 5.69 Å². The van der Waals surface area contributed by atoms with Crippen LogP contribution >= 0.6 is 0 Å². The first-order chi connectivity index (χ1) is 13.3. The number of sulfonamides is 1. The Balaban J connectivity index is 1.84. The molecule has 1 N–H and O–H groups in total. The van der Waals surface area contributed by atoms with E-state index in [4.69, 9.17) is 4.74 Å². The highest BCUT2D eigenvalue weighted by Crippen LogP contribution is 2.23. The Morgan fingerprint density at radius 2 is 1.75 bits per heavy atom. The third-order valence-corrected chi connectivity index (χ3v) is 5.41. The van der Waals surface area contributed by atoms with Crippen molar-refractivity contribution >= 4 is 15.7 Å². The molecule has 28 heavy (non-hydrogen) atoms. The molecule has 0 unspecified atom stereocenters. The molecular weight excluding hydrogens is 376 g/mol. The number of hydrogen-bond donors (Lipinski definition) is 1. The van der Waals surface area contributed by atoms with Crippen LogP contribution in [0, 0.1) is 0 Å². The summed E-state index contributed by atoms with van der Waals surface area (Å²) in [6.07, 6.45) is 1.73. The van der Waals surface area contributed by atoms with E-state index in [1.165, 1.54) is 12.1 Å². The first kappa shape index (κ1) is 19.9. The lowest BCUT2D eigenvalue weighted by Gasteiger charge is -2.13. The molecule has 0 saturated carbocycles. The van der Waals surface area contributed by atoms with Crippen LogP contribution in [0.5, 0.6) is 5.75 Å². The van der Waals surface area contributed by atoms with Crippen LogP contribution in [0.2, 0.25) is 0 Å². The summed E-state index contributed by atoms with van der Waals surface area (Å²) in [6.45, 7) is 7.93. The second-order valence-electron chi connectivity index (χ2n) is 7.02. The average Bonchev–Trinajstić information content (AvgIpc) is 3.11. The maximum atomic E-state index is 12.7. The molecular formula is C20H24N4O3S. The summed E-state index contributed by atoms with van der Waals surface area (Å²) in [5.74, 6) is 0.866. The molecule has 7 nitrogen and oxygen atoms in total. The summed E-state index contributed by atoms with van der Waals surface area (Å²) in [7, 11) is -3.72. The minimum Gasteiger partial charge on any atom is -0.491 e. The summed E-state index contributed by atoms with van der Waals surface area (Å²) in [4.78, 5) is 0.164. The third kappa shape index (κ3) is 4.51. The summed E-state index contributed by atoms with van der Waals surface area (Å²) < 4.78 is 35.3. The van der Waals surface area contributed by atoms with E-state index in [0.29, 0.717) is 11.4 Å². The van der Waals surface area contributed by atoms with E-state index in [2.05, 4.69) is 28.9 Å². The lowest BCUT2D eigenvalue weighted by Crippen LogP contribution is -2.13. The standard InChI is InChI=1S/C20H24N4O3S/c1-14(2)20-13-21-23-24(20)17-7-5-6-16(12-17)22-28(25,26)19-10-8-18(9-11-19)27-15(3)4/h5-15,22H,1-4H3. The van der Waals surface area contributed by atoms with Crippen LogP contribution < -0.4 is 9.46 Å². The zero-order chi connectivity index (χ0) is 20.3. The van der Waals surface area contributed by atoms with Gasteiger partial charge in [0.1, 0.15) is 5.75 Å². The molecule has 3 aromatic rings. The molecule has 0 spiro atoms. The van der Waals surface area contributed by atoms with Crippen molar-refractivity contribution in [2.45, 2.75) is 44.6 Å². The Labute approximate surface area is 165 Å². The molecule has 0 atom stereocenters. The summed E-state index contributed by atoms with van der Waals surface area (Å²) in [6, 6.07) is 13.4. The highest BCUT2D eigenvalue weighted by atomic mass is 32.2. The van der Waals surface area contributed by atoms with Crippen molar-refractivity contribution in [1.29, 1.82) is 0 Å². The van der Waals surface area contributed by atoms with E-state index in [-0.39, 0.29) is 16.9 Å². The number of ether oxygens (including phenoxy) is 1. The molecule has 148 valence electrons. The predicted octanol–water partition coefficient (Wildman–Crippen LogP) is 3.98. The molecule has 0 aliphatic carbocycles. The molecule has 0 saturated heterocycles. The molecule has 3 rings (SSSR count). The zero-order valence-corrected chi connectivity index (χ0v) is 17.1. The van der Waals surface area contributed by atoms with Crippen molar-refractivity contribution in [3.63, 3.8) is 0 Å². The number of aromatic nitrogens is 3. The normalized spacial score (nSPS) is 11.8. The Morgan fingerprint density at radius 1 is 1.04 bits per heavy atom. The van der Waals surface area contributed by atoms with Gasteiger partial charge in [-0.15, -0.1) is 5.10 Å². The van der Waals surface area contributed by atoms with Crippen LogP contribution in [0.4, 0.5) is 5.69 Å². The predicted molar refractivity (Wildman–Crippen MR) is 108 cm³/mol. The number of hydrogen-bond acceptors (Lipinski definition) is 5. The number of rotatable bonds is 7. The van der Waals surface area contributed by atoms with Gasteiger partial charge in [-0.05, 0) is 62.2 Å². The van der Waals surface area contributed by atoms with Crippen molar-refractivity contribution in [3.8, 4) is 11.4 Å². The van der Waals surface area contributed by atoms with Gasteiger partial charge in [-0.1, -0.05) is 25.1 Å². The van der Waals surface area contributed by atoms with Crippen LogP contribution in [0.3, 0.4) is 0 Å². The number of anilines is 1. The first-order valence-corrected chi connectivity index (χ1v) is 10.5. The molecule has 2 aromatic carbocycles. The maximum absolute atomic E-state index is 12.7. The third-order valence-electron chi connectivity index (χ3n) is 4.02. The van der Waals surface area contributed by atoms with Gasteiger partial charge in [0.15, 0.2) is 0 Å². The van der Waals surface area contributed by atoms with E-state index in [9.17, 15) is 8.42 Å². The molecule has 0 aliphatic rings. The lowest BCUT2D eigenvalue weighted by molar-refractivity contribution is 0.242. The van der Waals surface area contributed by atoms with Crippen molar-refractivity contribution in [3.05, 3.63) is 60.4 Å². The van der Waals surface area contributed by atoms with Gasteiger partial charge in [-0.25, -0.2) is 13.1 Å². The molecule has 0 bridgehead atoms. The smallest absolute Gasteiger partial charge is 0.261 e. The average molecular weight is 401 g/mol. The molecule has 8 heteroatoms. The molecule has 0 fully saturated rings. The van der Waals surface area contributed by atoms with Crippen molar-refractivity contribution in [2.24, 2.45) is 0 Å². The first-order valence-electron chi connectivity index (χ1n) is 9.07. The fraction of sp³-hybridized carbons (Fsp3) is 0.300. The van der Waals surface area contributed by atoms with Crippen LogP contribution in [-0.4, -0.2) is 29.5 Å². The largest absolute Gasteiger partial charge is 0.491 e. The minimum atomic E-state index is -3.72. The molecule has 1 aromatic heterocycles. The van der Waals surface area contributed by atoms with Gasteiger partial charge in [0.25, 0.3) is 10.0 Å². The lowest BCUT2D eigenvalue weighted by atomic mass is 10.1. The second-order valence-corrected chi connectivity index (χ2v) is 8.70. The maximum Gasteiger partial charge on any atom is 0.261 e. The van der Waals surface area contributed by atoms with Gasteiger partial charge in [0.2, 0.25) is 0 Å². The molecule has 0 aliphatic heterocycles. The summed E-state index contributed by atoms with van der Waals surface area (Å²) >= 11 is 0. The van der Waals surface area contributed by atoms with E-state index in [0.717, 1.165) is 11.4 Å². The Kier molecular flexibility index (Phi) is 5.69. The molecule has 1 heterocycles. The van der Waals surface area contributed by atoms with Gasteiger partial charge in [-0.3, -0.25) is 4.72 Å². The highest BCUT2D eigenvalue weighted by molar-refractivity contribution is 7.92. The monoisotopic (exact) mass is 400 g/mol. The van der Waals surface area contributed by atoms with Gasteiger partial charge < -0.3 is 4.74 Å². The van der Waals surface area contributed by atoms with Gasteiger partial charge >= 0.3 is 0 Å². The highest BCUT2D eigenvalue weighted by Gasteiger charge is 2.16. The van der Waals surface area contributed by atoms with Gasteiger partial charge in [-0.2, -0.15) is 0 Å². The van der Waals surface area contributed by atoms with E-state index < -0.39 is 10.0 Å². The Bertz CT molecular complexity index is 1040. The topological polar surface area (TPSA) is 86.1 Å². The SMILES string of the molecule is CC(C)Oc1ccc(S(=O)(=O)Nc2cccc(-n3nncc3C(C)C)c2)cc1. The van der Waals surface area contributed by atoms with Crippen LogP contribution in [0.15, 0.2) is 59.6 Å². The van der Waals surface area contributed by atoms with Gasteiger partial charge in [0, 0.05) is 0 Å². The van der Waals surface area contributed by atoms with E-state index in [1.54, 1.807) is 41.2 Å². The van der Waals surface area contributed by atoms with Crippen molar-refractivity contribution in [2.75, 3.05) is 4.72 Å². The van der Waals surface area contributed by atoms with E-state index >= 15 is 0 Å². The Morgan fingerprint density at radius 3 is 2.39 bits per heavy atom. The quantitative estimate of drug-likeness (QED) is 0.648. The zero-order valence-electron chi connectivity index (χ0n) is 16.3. The summed E-state index contributed by atoms with van der Waals surface area (Å²) in [5, 5.41) is 8.07. The van der Waals surface area contributed by atoms with Crippen LogP contribution in [0.1, 0.15) is 39.3 Å². The van der Waals surface area contributed by atoms with E-state index in [1.807, 2.05) is 19.9 Å². The van der Waals surface area contributed by atoms with Crippen molar-refractivity contribution in [1.82, 2.24) is 15.0 Å². The molecule has 0 amide bonds. The Hall–Kier alpha value is -2.87. The fourth-order valence-corrected chi connectivity index (χ4v) is 3.77. The number of nitrogens with zero attached hydrogens (tertiary/aromatic N) is 3. The molecule has 0 radical (unpaired) electrons. The second kappa shape index (κ2) is 8.02. The minimum absolute atomic E-state index is 0.0239. The van der Waals surface area contributed by atoms with Gasteiger partial charge in [0.05, 0.1) is 34.3 Å². The fourth-order valence-electron chi connectivity index (χ4n) is 2.72.